The highest BCUT2D eigenvalue weighted by Crippen LogP contribution is 2.27. The van der Waals surface area contributed by atoms with E-state index in [0.29, 0.717) is 6.07 Å². The maximum atomic E-state index is 13.5. The molecule has 0 saturated carbocycles. The van der Waals surface area contributed by atoms with Crippen molar-refractivity contribution >= 4 is 22.4 Å². The van der Waals surface area contributed by atoms with Gasteiger partial charge in [0.2, 0.25) is 0 Å². The average molecular weight is 314 g/mol. The fraction of sp³-hybridized carbons (Fsp3) is 0.286. The summed E-state index contributed by atoms with van der Waals surface area (Å²) >= 11 is 1.18. The summed E-state index contributed by atoms with van der Waals surface area (Å²) in [6, 6.07) is 1.59. The molecular weight excluding hydrogens is 301 g/mol. The van der Waals surface area contributed by atoms with Crippen LogP contribution in [0.2, 0.25) is 0 Å². The number of benzene rings is 1. The van der Waals surface area contributed by atoms with Crippen molar-refractivity contribution < 1.29 is 18.0 Å². The third kappa shape index (κ3) is 3.24. The Bertz CT molecular complexity index is 692. The van der Waals surface area contributed by atoms with Gasteiger partial charge in [-0.05, 0) is 12.1 Å². The van der Waals surface area contributed by atoms with Crippen molar-refractivity contribution in [2.75, 3.05) is 5.32 Å². The molecule has 0 aliphatic carbocycles. The lowest BCUT2D eigenvalue weighted by atomic mass is 9.93. The van der Waals surface area contributed by atoms with Gasteiger partial charge in [-0.15, -0.1) is 11.3 Å². The van der Waals surface area contributed by atoms with Crippen LogP contribution in [0.5, 0.6) is 0 Å². The third-order valence-corrected chi connectivity index (χ3v) is 3.53. The summed E-state index contributed by atoms with van der Waals surface area (Å²) in [5.41, 5.74) is 0.0159. The van der Waals surface area contributed by atoms with E-state index >= 15 is 0 Å². The molecule has 2 rings (SSSR count). The van der Waals surface area contributed by atoms with Crippen LogP contribution in [0.4, 0.5) is 18.3 Å². The van der Waals surface area contributed by atoms with Crippen LogP contribution in [0.3, 0.4) is 0 Å². The molecule has 0 fully saturated rings. The highest BCUT2D eigenvalue weighted by Gasteiger charge is 2.21. The van der Waals surface area contributed by atoms with Crippen molar-refractivity contribution in [3.05, 3.63) is 46.2 Å². The van der Waals surface area contributed by atoms with E-state index in [1.165, 1.54) is 11.3 Å². The van der Waals surface area contributed by atoms with Crippen molar-refractivity contribution in [2.45, 2.75) is 26.2 Å². The molecule has 0 radical (unpaired) electrons. The summed E-state index contributed by atoms with van der Waals surface area (Å²) in [6.45, 7) is 5.88. The van der Waals surface area contributed by atoms with E-state index < -0.39 is 28.9 Å². The molecule has 21 heavy (non-hydrogen) atoms. The van der Waals surface area contributed by atoms with Crippen LogP contribution >= 0.6 is 11.3 Å². The van der Waals surface area contributed by atoms with Crippen molar-refractivity contribution in [3.63, 3.8) is 0 Å². The van der Waals surface area contributed by atoms with Gasteiger partial charge in [-0.25, -0.2) is 18.2 Å². The maximum Gasteiger partial charge on any atom is 0.260 e. The molecule has 2 aromatic rings. The Morgan fingerprint density at radius 1 is 1.19 bits per heavy atom. The average Bonchev–Trinajstić information content (AvgIpc) is 2.84. The molecular formula is C14H13F3N2OS. The molecule has 1 N–H and O–H groups in total. The van der Waals surface area contributed by atoms with Gasteiger partial charge in [0.25, 0.3) is 5.91 Å². The predicted octanol–water partition coefficient (Wildman–Crippen LogP) is 4.11. The number of nitrogens with one attached hydrogen (secondary N) is 1. The minimum Gasteiger partial charge on any atom is -0.298 e. The van der Waals surface area contributed by atoms with E-state index in [-0.39, 0.29) is 10.5 Å². The summed E-state index contributed by atoms with van der Waals surface area (Å²) in [5.74, 6) is -5.40. The van der Waals surface area contributed by atoms with E-state index in [4.69, 9.17) is 0 Å². The van der Waals surface area contributed by atoms with Crippen LogP contribution in [0.25, 0.3) is 0 Å². The molecule has 0 unspecified atom stereocenters. The second kappa shape index (κ2) is 5.48. The molecule has 7 heteroatoms. The van der Waals surface area contributed by atoms with Crippen molar-refractivity contribution in [1.82, 2.24) is 4.98 Å². The second-order valence-corrected chi connectivity index (χ2v) is 6.32. The molecule has 0 aliphatic heterocycles. The van der Waals surface area contributed by atoms with E-state index in [2.05, 4.69) is 10.3 Å². The van der Waals surface area contributed by atoms with E-state index in [1.807, 2.05) is 20.8 Å². The van der Waals surface area contributed by atoms with E-state index in [9.17, 15) is 18.0 Å². The molecule has 0 atom stereocenters. The van der Waals surface area contributed by atoms with Gasteiger partial charge >= 0.3 is 0 Å². The van der Waals surface area contributed by atoms with Gasteiger partial charge in [-0.3, -0.25) is 10.1 Å². The lowest BCUT2D eigenvalue weighted by Gasteiger charge is -2.14. The summed E-state index contributed by atoms with van der Waals surface area (Å²) < 4.78 is 39.5. The fourth-order valence-electron chi connectivity index (χ4n) is 1.54. The van der Waals surface area contributed by atoms with Crippen LogP contribution < -0.4 is 5.32 Å². The summed E-state index contributed by atoms with van der Waals surface area (Å²) in [6.07, 6.45) is 0. The number of carbonyl (C=O) groups excluding carboxylic acids is 1. The molecule has 1 heterocycles. The molecule has 3 nitrogen and oxygen atoms in total. The molecule has 0 aliphatic rings. The number of anilines is 1. The number of halogens is 3. The molecule has 1 aromatic heterocycles. The smallest absolute Gasteiger partial charge is 0.260 e. The van der Waals surface area contributed by atoms with Crippen LogP contribution in [0.15, 0.2) is 17.5 Å². The number of hydrogen-bond donors (Lipinski definition) is 1. The summed E-state index contributed by atoms with van der Waals surface area (Å²) in [4.78, 5) is 16.1. The first-order valence-electron chi connectivity index (χ1n) is 6.11. The van der Waals surface area contributed by atoms with Gasteiger partial charge in [0.15, 0.2) is 22.6 Å². The monoisotopic (exact) mass is 314 g/mol. The lowest BCUT2D eigenvalue weighted by Crippen LogP contribution is -2.16. The van der Waals surface area contributed by atoms with Crippen LogP contribution in [0, 0.1) is 17.5 Å². The number of carbonyl (C=O) groups is 1. The summed E-state index contributed by atoms with van der Waals surface area (Å²) in [5, 5.41) is 4.42. The minimum absolute atomic E-state index is 0.188. The zero-order valence-corrected chi connectivity index (χ0v) is 12.4. The van der Waals surface area contributed by atoms with Crippen LogP contribution in [-0.4, -0.2) is 10.9 Å². The lowest BCUT2D eigenvalue weighted by molar-refractivity contribution is 0.102. The Morgan fingerprint density at radius 3 is 2.43 bits per heavy atom. The quantitative estimate of drug-likeness (QED) is 0.848. The van der Waals surface area contributed by atoms with Gasteiger partial charge in [-0.1, -0.05) is 20.8 Å². The van der Waals surface area contributed by atoms with Crippen molar-refractivity contribution in [2.24, 2.45) is 0 Å². The van der Waals surface area contributed by atoms with Gasteiger partial charge in [-0.2, -0.15) is 0 Å². The number of aromatic nitrogens is 1. The van der Waals surface area contributed by atoms with E-state index in [0.717, 1.165) is 11.8 Å². The molecule has 0 spiro atoms. The van der Waals surface area contributed by atoms with Gasteiger partial charge in [0.1, 0.15) is 0 Å². The first-order chi connectivity index (χ1) is 9.70. The standard InChI is InChI=1S/C14H13F3N2OS/c1-14(2,3)9-6-21-13(18-9)19-12(20)7-4-5-8(15)11(17)10(7)16/h4-6H,1-3H3,(H,18,19,20). The normalized spacial score (nSPS) is 11.5. The molecule has 0 bridgehead atoms. The topological polar surface area (TPSA) is 42.0 Å². The highest BCUT2D eigenvalue weighted by molar-refractivity contribution is 7.14. The Labute approximate surface area is 123 Å². The van der Waals surface area contributed by atoms with Crippen molar-refractivity contribution in [3.8, 4) is 0 Å². The van der Waals surface area contributed by atoms with Gasteiger partial charge in [0.05, 0.1) is 11.3 Å². The maximum absolute atomic E-state index is 13.5. The molecule has 112 valence electrons. The molecule has 1 amide bonds. The Balaban J connectivity index is 2.23. The molecule has 0 saturated heterocycles. The molecule has 1 aromatic carbocycles. The predicted molar refractivity (Wildman–Crippen MR) is 75.1 cm³/mol. The Kier molecular flexibility index (Phi) is 4.04. The van der Waals surface area contributed by atoms with E-state index in [1.54, 1.807) is 5.38 Å². The zero-order valence-electron chi connectivity index (χ0n) is 11.6. The number of rotatable bonds is 2. The fourth-order valence-corrected chi connectivity index (χ4v) is 2.47. The van der Waals surface area contributed by atoms with Gasteiger partial charge < -0.3 is 0 Å². The number of nitrogens with zero attached hydrogens (tertiary/aromatic N) is 1. The Morgan fingerprint density at radius 2 is 1.86 bits per heavy atom. The minimum atomic E-state index is -1.67. The number of thiazole rings is 1. The largest absolute Gasteiger partial charge is 0.298 e. The third-order valence-electron chi connectivity index (χ3n) is 2.77. The Hall–Kier alpha value is -1.89. The SMILES string of the molecule is CC(C)(C)c1csc(NC(=O)c2ccc(F)c(F)c2F)n1. The first-order valence-corrected chi connectivity index (χ1v) is 6.99. The summed E-state index contributed by atoms with van der Waals surface area (Å²) in [7, 11) is 0. The van der Waals surface area contributed by atoms with Crippen LogP contribution in [-0.2, 0) is 5.41 Å². The highest BCUT2D eigenvalue weighted by atomic mass is 32.1. The van der Waals surface area contributed by atoms with Crippen molar-refractivity contribution in [1.29, 1.82) is 0 Å². The second-order valence-electron chi connectivity index (χ2n) is 5.46. The number of hydrogen-bond acceptors (Lipinski definition) is 3. The first kappa shape index (κ1) is 15.5. The zero-order chi connectivity index (χ0) is 15.8. The van der Waals surface area contributed by atoms with Crippen LogP contribution in [0.1, 0.15) is 36.8 Å². The van der Waals surface area contributed by atoms with Gasteiger partial charge in [0, 0.05) is 10.8 Å². The number of amides is 1.